The first-order valence-electron chi connectivity index (χ1n) is 4.63. The van der Waals surface area contributed by atoms with Crippen LogP contribution in [0.25, 0.3) is 10.9 Å². The predicted molar refractivity (Wildman–Crippen MR) is 54.6 cm³/mol. The number of aromatic nitrogens is 1. The van der Waals surface area contributed by atoms with E-state index < -0.39 is 23.4 Å². The highest BCUT2D eigenvalue weighted by molar-refractivity contribution is 6.42. The van der Waals surface area contributed by atoms with Crippen molar-refractivity contribution < 1.29 is 23.1 Å². The molecule has 0 spiro atoms. The zero-order valence-electron chi connectivity index (χ0n) is 8.71. The van der Waals surface area contributed by atoms with Crippen LogP contribution in [0, 0.1) is 11.6 Å². The molecule has 0 saturated carbocycles. The Morgan fingerprint density at radius 1 is 1.24 bits per heavy atom. The number of H-pyrrole nitrogens is 1. The fraction of sp³-hybridized carbons (Fsp3) is 0.0909. The van der Waals surface area contributed by atoms with Gasteiger partial charge in [-0.1, -0.05) is 0 Å². The Morgan fingerprint density at radius 3 is 2.53 bits per heavy atom. The molecule has 1 aromatic carbocycles. The molecule has 0 aliphatic carbocycles. The molecule has 0 fully saturated rings. The molecular weight excluding hydrogens is 232 g/mol. The van der Waals surface area contributed by atoms with Crippen molar-refractivity contribution >= 4 is 22.7 Å². The van der Waals surface area contributed by atoms with Crippen LogP contribution in [-0.4, -0.2) is 23.8 Å². The van der Waals surface area contributed by atoms with Crippen molar-refractivity contribution in [2.45, 2.75) is 0 Å². The number of ether oxygens (including phenoxy) is 1. The van der Waals surface area contributed by atoms with Gasteiger partial charge in [0, 0.05) is 23.2 Å². The number of aromatic amines is 1. The highest BCUT2D eigenvalue weighted by Gasteiger charge is 2.21. The molecule has 17 heavy (non-hydrogen) atoms. The molecule has 6 heteroatoms. The lowest BCUT2D eigenvalue weighted by Gasteiger charge is -1.98. The summed E-state index contributed by atoms with van der Waals surface area (Å²) in [7, 11) is 1.06. The molecule has 1 aromatic heterocycles. The summed E-state index contributed by atoms with van der Waals surface area (Å²) in [5.41, 5.74) is 0.182. The zero-order chi connectivity index (χ0) is 12.6. The molecule has 4 nitrogen and oxygen atoms in total. The van der Waals surface area contributed by atoms with Gasteiger partial charge in [-0.05, 0) is 6.07 Å². The van der Waals surface area contributed by atoms with Crippen LogP contribution in [0.15, 0.2) is 18.3 Å². The molecule has 1 N–H and O–H groups in total. The lowest BCUT2D eigenvalue weighted by molar-refractivity contribution is -0.135. The summed E-state index contributed by atoms with van der Waals surface area (Å²) in [5, 5.41) is 0.138. The first-order chi connectivity index (χ1) is 8.04. The van der Waals surface area contributed by atoms with Crippen molar-refractivity contribution in [1.29, 1.82) is 0 Å². The van der Waals surface area contributed by atoms with Gasteiger partial charge in [0.2, 0.25) is 0 Å². The van der Waals surface area contributed by atoms with E-state index in [-0.39, 0.29) is 16.5 Å². The van der Waals surface area contributed by atoms with Crippen LogP contribution in [0.5, 0.6) is 0 Å². The van der Waals surface area contributed by atoms with Crippen LogP contribution in [0.1, 0.15) is 10.4 Å². The Morgan fingerprint density at radius 2 is 1.88 bits per heavy atom. The number of carbonyl (C=O) groups excluding carboxylic acids is 2. The smallest absolute Gasteiger partial charge is 0.379 e. The largest absolute Gasteiger partial charge is 0.463 e. The lowest BCUT2D eigenvalue weighted by Crippen LogP contribution is -2.15. The van der Waals surface area contributed by atoms with Gasteiger partial charge in [-0.2, -0.15) is 0 Å². The predicted octanol–water partition coefficient (Wildman–Crippen LogP) is 1.80. The van der Waals surface area contributed by atoms with Crippen LogP contribution in [-0.2, 0) is 9.53 Å². The number of halogens is 2. The summed E-state index contributed by atoms with van der Waals surface area (Å²) < 4.78 is 30.2. The van der Waals surface area contributed by atoms with Crippen molar-refractivity contribution in [2.24, 2.45) is 0 Å². The first-order valence-corrected chi connectivity index (χ1v) is 4.63. The number of methoxy groups -OCH3 is 1. The van der Waals surface area contributed by atoms with Gasteiger partial charge < -0.3 is 9.72 Å². The summed E-state index contributed by atoms with van der Waals surface area (Å²) in [6.45, 7) is 0. The van der Waals surface area contributed by atoms with Gasteiger partial charge >= 0.3 is 5.97 Å². The van der Waals surface area contributed by atoms with E-state index in [4.69, 9.17) is 0 Å². The molecule has 0 bridgehead atoms. The quantitative estimate of drug-likeness (QED) is 0.494. The number of hydrogen-bond acceptors (Lipinski definition) is 3. The fourth-order valence-electron chi connectivity index (χ4n) is 1.51. The summed E-state index contributed by atoms with van der Waals surface area (Å²) in [6.07, 6.45) is 1.21. The van der Waals surface area contributed by atoms with Gasteiger partial charge in [0.1, 0.15) is 0 Å². The Labute approximate surface area is 94.2 Å². The number of Topliss-reactive ketones (excluding diaryl/α,β-unsaturated/α-hetero) is 1. The highest BCUT2D eigenvalue weighted by Crippen LogP contribution is 2.22. The van der Waals surface area contributed by atoms with Gasteiger partial charge in [-0.3, -0.25) is 4.79 Å². The maximum atomic E-state index is 13.0. The number of hydrogen-bond donors (Lipinski definition) is 1. The van der Waals surface area contributed by atoms with Crippen molar-refractivity contribution in [1.82, 2.24) is 4.98 Å². The van der Waals surface area contributed by atoms with Gasteiger partial charge in [0.05, 0.1) is 12.7 Å². The van der Waals surface area contributed by atoms with Gasteiger partial charge in [-0.25, -0.2) is 13.6 Å². The number of carbonyl (C=O) groups is 2. The summed E-state index contributed by atoms with van der Waals surface area (Å²) in [5.74, 6) is -4.09. The highest BCUT2D eigenvalue weighted by atomic mass is 19.2. The molecule has 2 rings (SSSR count). The Balaban J connectivity index is 2.60. The molecule has 0 aliphatic heterocycles. The minimum atomic E-state index is -1.09. The molecule has 0 aliphatic rings. The summed E-state index contributed by atoms with van der Waals surface area (Å²) in [4.78, 5) is 25.2. The Kier molecular flexibility index (Phi) is 2.63. The SMILES string of the molecule is COC(=O)C(=O)c1c[nH]c2cc(F)c(F)cc12. The van der Waals surface area contributed by atoms with Crippen molar-refractivity contribution in [3.63, 3.8) is 0 Å². The molecule has 2 aromatic rings. The van der Waals surface area contributed by atoms with Crippen LogP contribution in [0.2, 0.25) is 0 Å². The van der Waals surface area contributed by atoms with E-state index in [1.807, 2.05) is 0 Å². The van der Waals surface area contributed by atoms with E-state index in [2.05, 4.69) is 9.72 Å². The van der Waals surface area contributed by atoms with Crippen molar-refractivity contribution in [3.8, 4) is 0 Å². The van der Waals surface area contributed by atoms with E-state index in [9.17, 15) is 18.4 Å². The molecule has 0 saturated heterocycles. The summed E-state index contributed by atoms with van der Waals surface area (Å²) >= 11 is 0. The minimum Gasteiger partial charge on any atom is -0.463 e. The van der Waals surface area contributed by atoms with E-state index in [1.54, 1.807) is 0 Å². The molecular formula is C11H7F2NO3. The number of rotatable bonds is 2. The standard InChI is InChI=1S/C11H7F2NO3/c1-17-11(16)10(15)6-4-14-9-3-8(13)7(12)2-5(6)9/h2-4,14H,1H3. The number of fused-ring (bicyclic) bond motifs is 1. The van der Waals surface area contributed by atoms with E-state index in [0.29, 0.717) is 0 Å². The van der Waals surface area contributed by atoms with Crippen LogP contribution in [0.4, 0.5) is 8.78 Å². The maximum Gasteiger partial charge on any atom is 0.379 e. The normalized spacial score (nSPS) is 10.5. The lowest BCUT2D eigenvalue weighted by atomic mass is 10.1. The van der Waals surface area contributed by atoms with Gasteiger partial charge in [0.15, 0.2) is 11.6 Å². The second-order valence-electron chi connectivity index (χ2n) is 3.33. The van der Waals surface area contributed by atoms with Crippen molar-refractivity contribution in [3.05, 3.63) is 35.5 Å². The molecule has 0 atom stereocenters. The number of esters is 1. The second kappa shape index (κ2) is 3.97. The zero-order valence-corrected chi connectivity index (χ0v) is 8.71. The van der Waals surface area contributed by atoms with Crippen molar-refractivity contribution in [2.75, 3.05) is 7.11 Å². The monoisotopic (exact) mass is 239 g/mol. The third-order valence-electron chi connectivity index (χ3n) is 2.34. The molecule has 0 unspecified atom stereocenters. The number of nitrogens with one attached hydrogen (secondary N) is 1. The summed E-state index contributed by atoms with van der Waals surface area (Å²) in [6, 6.07) is 1.77. The van der Waals surface area contributed by atoms with Crippen LogP contribution < -0.4 is 0 Å². The average Bonchev–Trinajstić information content (AvgIpc) is 2.70. The first kappa shape index (κ1) is 11.3. The minimum absolute atomic E-state index is 0.0502. The van der Waals surface area contributed by atoms with E-state index >= 15 is 0 Å². The average molecular weight is 239 g/mol. The Bertz CT molecular complexity index is 618. The van der Waals surface area contributed by atoms with Crippen LogP contribution >= 0.6 is 0 Å². The molecule has 88 valence electrons. The molecule has 0 radical (unpaired) electrons. The van der Waals surface area contributed by atoms with Gasteiger partial charge in [-0.15, -0.1) is 0 Å². The third-order valence-corrected chi connectivity index (χ3v) is 2.34. The second-order valence-corrected chi connectivity index (χ2v) is 3.33. The van der Waals surface area contributed by atoms with Crippen LogP contribution in [0.3, 0.4) is 0 Å². The van der Waals surface area contributed by atoms with Gasteiger partial charge in [0.25, 0.3) is 5.78 Å². The molecule has 0 amide bonds. The number of ketones is 1. The topological polar surface area (TPSA) is 59.2 Å². The fourth-order valence-corrected chi connectivity index (χ4v) is 1.51. The third kappa shape index (κ3) is 1.77. The Hall–Kier alpha value is -2.24. The van der Waals surface area contributed by atoms with E-state index in [1.165, 1.54) is 6.20 Å². The van der Waals surface area contributed by atoms with E-state index in [0.717, 1.165) is 19.2 Å². The number of benzene rings is 1. The molecule has 1 heterocycles. The maximum absolute atomic E-state index is 13.0.